The molecule has 0 spiro atoms. The molecule has 0 unspecified atom stereocenters. The number of aromatic nitrogens is 2. The van der Waals surface area contributed by atoms with E-state index < -0.39 is 5.60 Å². The fourth-order valence-corrected chi connectivity index (χ4v) is 2.87. The van der Waals surface area contributed by atoms with Gasteiger partial charge >= 0.3 is 0 Å². The topological polar surface area (TPSA) is 55.2 Å². The molecule has 0 bridgehead atoms. The van der Waals surface area contributed by atoms with Crippen molar-refractivity contribution in [1.29, 1.82) is 0 Å². The quantitative estimate of drug-likeness (QED) is 0.933. The largest absolute Gasteiger partial charge is 0.487 e. The van der Waals surface area contributed by atoms with Gasteiger partial charge in [-0.25, -0.2) is 9.97 Å². The van der Waals surface area contributed by atoms with Crippen LogP contribution in [0.1, 0.15) is 32.6 Å². The van der Waals surface area contributed by atoms with Gasteiger partial charge in [0.1, 0.15) is 0 Å². The maximum atomic E-state index is 9.95. The van der Waals surface area contributed by atoms with Crippen molar-refractivity contribution in [3.05, 3.63) is 41.7 Å². The summed E-state index contributed by atoms with van der Waals surface area (Å²) in [6.07, 6.45) is 6.73. The molecule has 5 heteroatoms. The number of halogens is 1. The molecule has 1 aliphatic rings. The van der Waals surface area contributed by atoms with Gasteiger partial charge in [0.25, 0.3) is 0 Å². The van der Waals surface area contributed by atoms with Crippen LogP contribution in [-0.2, 0) is 0 Å². The second-order valence-electron chi connectivity index (χ2n) is 6.07. The van der Waals surface area contributed by atoms with Crippen LogP contribution in [-0.4, -0.2) is 26.8 Å². The predicted molar refractivity (Wildman–Crippen MR) is 86.0 cm³/mol. The highest BCUT2D eigenvalue weighted by Gasteiger charge is 2.29. The van der Waals surface area contributed by atoms with E-state index in [0.717, 1.165) is 31.2 Å². The summed E-state index contributed by atoms with van der Waals surface area (Å²) >= 11 is 5.98. The molecule has 22 heavy (non-hydrogen) atoms. The summed E-state index contributed by atoms with van der Waals surface area (Å²) in [6.45, 7) is 1.88. The highest BCUT2D eigenvalue weighted by Crippen LogP contribution is 2.30. The van der Waals surface area contributed by atoms with Gasteiger partial charge in [0.05, 0.1) is 24.1 Å². The first-order chi connectivity index (χ1) is 10.5. The van der Waals surface area contributed by atoms with Crippen molar-refractivity contribution in [3.63, 3.8) is 0 Å². The Bertz CT molecular complexity index is 633. The molecule has 1 aromatic carbocycles. The molecule has 0 aliphatic heterocycles. The minimum atomic E-state index is -0.549. The SMILES string of the molecule is CC1(O)CCC(Oc2cnc(-c3cccc(Cl)c3)nc2)CC1. The third kappa shape index (κ3) is 3.76. The lowest BCUT2D eigenvalue weighted by Crippen LogP contribution is -2.34. The fraction of sp³-hybridized carbons (Fsp3) is 0.412. The van der Waals surface area contributed by atoms with E-state index in [9.17, 15) is 5.11 Å². The minimum Gasteiger partial charge on any atom is -0.487 e. The third-order valence-corrected chi connectivity index (χ3v) is 4.26. The predicted octanol–water partition coefficient (Wildman–Crippen LogP) is 3.87. The first-order valence-electron chi connectivity index (χ1n) is 7.49. The molecule has 0 radical (unpaired) electrons. The van der Waals surface area contributed by atoms with Crippen LogP contribution in [0.15, 0.2) is 36.7 Å². The van der Waals surface area contributed by atoms with Gasteiger partial charge in [-0.1, -0.05) is 23.7 Å². The minimum absolute atomic E-state index is 0.126. The molecule has 0 amide bonds. The second kappa shape index (κ2) is 6.23. The van der Waals surface area contributed by atoms with E-state index >= 15 is 0 Å². The summed E-state index contributed by atoms with van der Waals surface area (Å²) in [4.78, 5) is 8.68. The molecule has 0 saturated heterocycles. The zero-order chi connectivity index (χ0) is 15.6. The van der Waals surface area contributed by atoms with E-state index in [0.29, 0.717) is 16.6 Å². The lowest BCUT2D eigenvalue weighted by atomic mass is 9.85. The normalized spacial score (nSPS) is 25.0. The number of rotatable bonds is 3. The van der Waals surface area contributed by atoms with Gasteiger partial charge < -0.3 is 9.84 Å². The molecule has 3 rings (SSSR count). The number of benzene rings is 1. The number of nitrogens with zero attached hydrogens (tertiary/aromatic N) is 2. The summed E-state index contributed by atoms with van der Waals surface area (Å²) < 4.78 is 5.90. The van der Waals surface area contributed by atoms with Crippen LogP contribution in [0.3, 0.4) is 0 Å². The maximum absolute atomic E-state index is 9.95. The standard InChI is InChI=1S/C17H19ClN2O2/c1-17(21)7-5-14(6-8-17)22-15-10-19-16(20-11-15)12-3-2-4-13(18)9-12/h2-4,9-11,14,21H,5-8H2,1H3. The van der Waals surface area contributed by atoms with E-state index in [1.54, 1.807) is 12.4 Å². The fourth-order valence-electron chi connectivity index (χ4n) is 2.68. The van der Waals surface area contributed by atoms with E-state index in [1.165, 1.54) is 0 Å². The van der Waals surface area contributed by atoms with Crippen LogP contribution in [0, 0.1) is 0 Å². The zero-order valence-corrected chi connectivity index (χ0v) is 13.3. The van der Waals surface area contributed by atoms with E-state index in [1.807, 2.05) is 31.2 Å². The molecular weight excluding hydrogens is 300 g/mol. The molecule has 2 aromatic rings. The Labute approximate surface area is 135 Å². The molecule has 1 aliphatic carbocycles. The lowest BCUT2D eigenvalue weighted by molar-refractivity contribution is -0.0109. The van der Waals surface area contributed by atoms with Gasteiger partial charge in [-0.2, -0.15) is 0 Å². The molecular formula is C17H19ClN2O2. The number of aliphatic hydroxyl groups is 1. The second-order valence-corrected chi connectivity index (χ2v) is 6.50. The van der Waals surface area contributed by atoms with Crippen molar-refractivity contribution in [2.75, 3.05) is 0 Å². The van der Waals surface area contributed by atoms with Crippen molar-refractivity contribution in [2.24, 2.45) is 0 Å². The average molecular weight is 319 g/mol. The van der Waals surface area contributed by atoms with E-state index in [4.69, 9.17) is 16.3 Å². The van der Waals surface area contributed by atoms with Crippen LogP contribution in [0.2, 0.25) is 5.02 Å². The smallest absolute Gasteiger partial charge is 0.159 e. The maximum Gasteiger partial charge on any atom is 0.159 e. The molecule has 4 nitrogen and oxygen atoms in total. The molecule has 0 atom stereocenters. The summed E-state index contributed by atoms with van der Waals surface area (Å²) in [6, 6.07) is 7.45. The summed E-state index contributed by atoms with van der Waals surface area (Å²) in [5.41, 5.74) is 0.333. The van der Waals surface area contributed by atoms with Crippen LogP contribution in [0.4, 0.5) is 0 Å². The summed E-state index contributed by atoms with van der Waals surface area (Å²) in [5.74, 6) is 1.29. The van der Waals surface area contributed by atoms with Gasteiger partial charge in [0.15, 0.2) is 11.6 Å². The first kappa shape index (κ1) is 15.3. The van der Waals surface area contributed by atoms with Crippen LogP contribution < -0.4 is 4.74 Å². The van der Waals surface area contributed by atoms with E-state index in [2.05, 4.69) is 9.97 Å². The Morgan fingerprint density at radius 1 is 1.23 bits per heavy atom. The number of hydrogen-bond donors (Lipinski definition) is 1. The number of ether oxygens (including phenoxy) is 1. The Morgan fingerprint density at radius 3 is 2.55 bits per heavy atom. The Morgan fingerprint density at radius 2 is 1.91 bits per heavy atom. The molecule has 1 fully saturated rings. The van der Waals surface area contributed by atoms with Crippen molar-refractivity contribution >= 4 is 11.6 Å². The van der Waals surface area contributed by atoms with Crippen molar-refractivity contribution in [1.82, 2.24) is 9.97 Å². The Balaban J connectivity index is 1.65. The van der Waals surface area contributed by atoms with Crippen LogP contribution in [0.25, 0.3) is 11.4 Å². The lowest BCUT2D eigenvalue weighted by Gasteiger charge is -2.32. The summed E-state index contributed by atoms with van der Waals surface area (Å²) in [7, 11) is 0. The highest BCUT2D eigenvalue weighted by molar-refractivity contribution is 6.30. The molecule has 116 valence electrons. The van der Waals surface area contributed by atoms with Crippen LogP contribution in [0.5, 0.6) is 5.75 Å². The molecule has 1 aromatic heterocycles. The molecule has 1 N–H and O–H groups in total. The van der Waals surface area contributed by atoms with Crippen LogP contribution >= 0.6 is 11.6 Å². The molecule has 1 saturated carbocycles. The summed E-state index contributed by atoms with van der Waals surface area (Å²) in [5, 5.41) is 10.6. The van der Waals surface area contributed by atoms with Crippen molar-refractivity contribution in [3.8, 4) is 17.1 Å². The van der Waals surface area contributed by atoms with E-state index in [-0.39, 0.29) is 6.10 Å². The van der Waals surface area contributed by atoms with Crippen molar-refractivity contribution < 1.29 is 9.84 Å². The monoisotopic (exact) mass is 318 g/mol. The van der Waals surface area contributed by atoms with Gasteiger partial charge in [-0.3, -0.25) is 0 Å². The van der Waals surface area contributed by atoms with Gasteiger partial charge in [0.2, 0.25) is 0 Å². The number of hydrogen-bond acceptors (Lipinski definition) is 4. The van der Waals surface area contributed by atoms with Gasteiger partial charge in [-0.05, 0) is 44.7 Å². The highest BCUT2D eigenvalue weighted by atomic mass is 35.5. The zero-order valence-electron chi connectivity index (χ0n) is 12.5. The van der Waals surface area contributed by atoms with Crippen molar-refractivity contribution in [2.45, 2.75) is 44.3 Å². The third-order valence-electron chi connectivity index (χ3n) is 4.02. The Hall–Kier alpha value is -1.65. The Kier molecular flexibility index (Phi) is 4.32. The molecule has 1 heterocycles. The first-order valence-corrected chi connectivity index (χ1v) is 7.87. The van der Waals surface area contributed by atoms with Gasteiger partial charge in [-0.15, -0.1) is 0 Å². The van der Waals surface area contributed by atoms with Gasteiger partial charge in [0, 0.05) is 10.6 Å². The average Bonchev–Trinajstić information content (AvgIpc) is 2.50.